The maximum atomic E-state index is 9.24. The molecule has 4 nitrogen and oxygen atoms in total. The van der Waals surface area contributed by atoms with Gasteiger partial charge in [0.2, 0.25) is 0 Å². The number of ether oxygens (including phenoxy) is 1. The highest BCUT2D eigenvalue weighted by atomic mass is 28.4. The van der Waals surface area contributed by atoms with E-state index in [0.717, 1.165) is 25.0 Å². The molecular weight excluding hydrogens is 368 g/mol. The number of allylic oxidation sites excluding steroid dienone is 2. The first-order valence-electron chi connectivity index (χ1n) is 10.9. The average Bonchev–Trinajstić information content (AvgIpc) is 2.81. The van der Waals surface area contributed by atoms with Gasteiger partial charge in [-0.05, 0) is 70.7 Å². The van der Waals surface area contributed by atoms with Gasteiger partial charge in [-0.1, -0.05) is 26.2 Å². The van der Waals surface area contributed by atoms with Gasteiger partial charge in [0, 0.05) is 12.3 Å². The summed E-state index contributed by atoms with van der Waals surface area (Å²) in [6, 6.07) is 3.24. The molecule has 0 spiro atoms. The van der Waals surface area contributed by atoms with Crippen LogP contribution in [0.5, 0.6) is 0 Å². The standard InChI is InChI=1S/C21H42N2O2Si2/c1-19(2)22-18-21(11-8-7-10-20(21)25-15-14-24)12-9-13-23-26(3,4)16-17-27(23,5)6/h10,18-19,24H,7-9,11-17H2,1-6H3. The van der Waals surface area contributed by atoms with E-state index in [2.05, 4.69) is 56.6 Å². The van der Waals surface area contributed by atoms with Crippen molar-refractivity contribution < 1.29 is 9.84 Å². The molecule has 1 aliphatic carbocycles. The number of aliphatic imine (C=N–C) groups is 1. The normalized spacial score (nSPS) is 28.1. The Morgan fingerprint density at radius 1 is 1.26 bits per heavy atom. The van der Waals surface area contributed by atoms with E-state index in [1.807, 2.05) is 0 Å². The first kappa shape index (κ1) is 22.8. The number of nitrogens with zero attached hydrogens (tertiary/aromatic N) is 2. The Morgan fingerprint density at radius 3 is 2.52 bits per heavy atom. The summed E-state index contributed by atoms with van der Waals surface area (Å²) in [4.78, 5) is 4.78. The fourth-order valence-electron chi connectivity index (χ4n) is 4.93. The van der Waals surface area contributed by atoms with Crippen molar-refractivity contribution in [2.45, 2.75) is 90.3 Å². The van der Waals surface area contributed by atoms with E-state index >= 15 is 0 Å². The molecule has 2 rings (SSSR count). The Balaban J connectivity index is 2.13. The molecule has 0 aromatic carbocycles. The molecule has 0 radical (unpaired) electrons. The van der Waals surface area contributed by atoms with Crippen LogP contribution >= 0.6 is 0 Å². The quantitative estimate of drug-likeness (QED) is 0.428. The largest absolute Gasteiger partial charge is 0.495 e. The first-order chi connectivity index (χ1) is 12.6. The van der Waals surface area contributed by atoms with E-state index in [9.17, 15) is 5.11 Å². The van der Waals surface area contributed by atoms with Crippen LogP contribution in [0.2, 0.25) is 38.3 Å². The van der Waals surface area contributed by atoms with Gasteiger partial charge < -0.3 is 14.1 Å². The molecule has 1 aliphatic heterocycles. The van der Waals surface area contributed by atoms with Crippen LogP contribution in [-0.2, 0) is 4.74 Å². The number of hydrogen-bond donors (Lipinski definition) is 1. The van der Waals surface area contributed by atoms with Gasteiger partial charge >= 0.3 is 0 Å². The minimum Gasteiger partial charge on any atom is -0.495 e. The Hall–Kier alpha value is -0.436. The highest BCUT2D eigenvalue weighted by molar-refractivity contribution is 6.95. The number of aliphatic hydroxyl groups excluding tert-OH is 1. The van der Waals surface area contributed by atoms with Crippen LogP contribution in [0.4, 0.5) is 0 Å². The van der Waals surface area contributed by atoms with Crippen molar-refractivity contribution in [3.8, 4) is 0 Å². The lowest BCUT2D eigenvalue weighted by atomic mass is 9.74. The van der Waals surface area contributed by atoms with Crippen LogP contribution in [0.15, 0.2) is 16.8 Å². The van der Waals surface area contributed by atoms with Crippen molar-refractivity contribution in [2.24, 2.45) is 10.4 Å². The van der Waals surface area contributed by atoms with Crippen LogP contribution < -0.4 is 0 Å². The van der Waals surface area contributed by atoms with E-state index < -0.39 is 16.5 Å². The van der Waals surface area contributed by atoms with Gasteiger partial charge in [0.25, 0.3) is 0 Å². The second kappa shape index (κ2) is 9.37. The summed E-state index contributed by atoms with van der Waals surface area (Å²) >= 11 is 0. The molecule has 1 heterocycles. The topological polar surface area (TPSA) is 45.1 Å². The van der Waals surface area contributed by atoms with E-state index in [1.165, 1.54) is 31.5 Å². The lowest BCUT2D eigenvalue weighted by molar-refractivity contribution is 0.102. The zero-order valence-corrected chi connectivity index (χ0v) is 20.6. The highest BCUT2D eigenvalue weighted by Gasteiger charge is 2.47. The first-order valence-corrected chi connectivity index (χ1v) is 17.2. The summed E-state index contributed by atoms with van der Waals surface area (Å²) in [6.45, 7) is 16.2. The van der Waals surface area contributed by atoms with Gasteiger partial charge in [-0.25, -0.2) is 0 Å². The Labute approximate surface area is 169 Å². The summed E-state index contributed by atoms with van der Waals surface area (Å²) in [5.74, 6) is 1.06. The van der Waals surface area contributed by atoms with Crippen LogP contribution in [0.25, 0.3) is 0 Å². The summed E-state index contributed by atoms with van der Waals surface area (Å²) in [7, 11) is -2.42. The molecular formula is C21H42N2O2Si2. The second-order valence-corrected chi connectivity index (χ2v) is 19.7. The molecule has 0 bridgehead atoms. The van der Waals surface area contributed by atoms with E-state index in [1.54, 1.807) is 0 Å². The Kier molecular flexibility index (Phi) is 7.93. The molecule has 0 aromatic heterocycles. The molecule has 1 N–H and O–H groups in total. The molecule has 1 saturated heterocycles. The zero-order chi connectivity index (χ0) is 20.1. The third kappa shape index (κ3) is 5.78. The lowest BCUT2D eigenvalue weighted by Crippen LogP contribution is -2.55. The van der Waals surface area contributed by atoms with Crippen LogP contribution in [0, 0.1) is 5.41 Å². The zero-order valence-electron chi connectivity index (χ0n) is 18.6. The molecule has 0 amide bonds. The maximum absolute atomic E-state index is 9.24. The summed E-state index contributed by atoms with van der Waals surface area (Å²) in [5, 5.41) is 9.24. The van der Waals surface area contributed by atoms with Crippen molar-refractivity contribution in [2.75, 3.05) is 19.8 Å². The van der Waals surface area contributed by atoms with Gasteiger partial charge in [0.15, 0.2) is 0 Å². The van der Waals surface area contributed by atoms with Crippen LogP contribution in [0.1, 0.15) is 46.0 Å². The fraction of sp³-hybridized carbons (Fsp3) is 0.857. The Morgan fingerprint density at radius 2 is 1.93 bits per heavy atom. The smallest absolute Gasteiger partial charge is 0.115 e. The van der Waals surface area contributed by atoms with Crippen molar-refractivity contribution in [3.63, 3.8) is 0 Å². The third-order valence-electron chi connectivity index (χ3n) is 6.43. The van der Waals surface area contributed by atoms with E-state index in [0.29, 0.717) is 12.6 Å². The number of rotatable bonds is 9. The molecule has 0 aromatic rings. The van der Waals surface area contributed by atoms with Crippen molar-refractivity contribution in [3.05, 3.63) is 11.8 Å². The summed E-state index contributed by atoms with van der Waals surface area (Å²) in [6.07, 6.45) is 10.1. The van der Waals surface area contributed by atoms with Gasteiger partial charge in [-0.15, -0.1) is 0 Å². The maximum Gasteiger partial charge on any atom is 0.115 e. The molecule has 2 aliphatic rings. The van der Waals surface area contributed by atoms with E-state index in [4.69, 9.17) is 9.73 Å². The monoisotopic (exact) mass is 410 g/mol. The minimum atomic E-state index is -1.21. The van der Waals surface area contributed by atoms with Gasteiger partial charge in [0.1, 0.15) is 28.8 Å². The third-order valence-corrected chi connectivity index (χ3v) is 16.9. The van der Waals surface area contributed by atoms with Gasteiger partial charge in [-0.3, -0.25) is 4.99 Å². The molecule has 0 saturated carbocycles. The van der Waals surface area contributed by atoms with Crippen molar-refractivity contribution in [1.82, 2.24) is 4.23 Å². The molecule has 1 fully saturated rings. The predicted molar refractivity (Wildman–Crippen MR) is 122 cm³/mol. The average molecular weight is 411 g/mol. The SMILES string of the molecule is CC(C)N=CC1(CCCN2[Si](C)(C)CC[Si]2(C)C)CCCC=C1OCCO. The predicted octanol–water partition coefficient (Wildman–Crippen LogP) is 5.03. The molecule has 1 atom stereocenters. The second-order valence-electron chi connectivity index (χ2n) is 9.94. The molecule has 1 unspecified atom stereocenters. The summed E-state index contributed by atoms with van der Waals surface area (Å²) < 4.78 is 8.99. The van der Waals surface area contributed by atoms with Crippen molar-refractivity contribution >= 4 is 22.7 Å². The van der Waals surface area contributed by atoms with Crippen LogP contribution in [-0.4, -0.2) is 57.8 Å². The molecule has 156 valence electrons. The van der Waals surface area contributed by atoms with Gasteiger partial charge in [0.05, 0.1) is 12.0 Å². The molecule has 27 heavy (non-hydrogen) atoms. The molecule has 6 heteroatoms. The number of hydrogen-bond acceptors (Lipinski definition) is 4. The highest BCUT2D eigenvalue weighted by Crippen LogP contribution is 2.42. The number of aliphatic hydroxyl groups is 1. The van der Waals surface area contributed by atoms with Crippen molar-refractivity contribution in [1.29, 1.82) is 0 Å². The lowest BCUT2D eigenvalue weighted by Gasteiger charge is -2.40. The minimum absolute atomic E-state index is 0.0715. The fourth-order valence-corrected chi connectivity index (χ4v) is 19.1. The summed E-state index contributed by atoms with van der Waals surface area (Å²) in [5.41, 5.74) is -0.0746. The van der Waals surface area contributed by atoms with Crippen LogP contribution in [0.3, 0.4) is 0 Å². The van der Waals surface area contributed by atoms with E-state index in [-0.39, 0.29) is 12.0 Å². The Bertz CT molecular complexity index is 530. The van der Waals surface area contributed by atoms with Gasteiger partial charge in [-0.2, -0.15) is 0 Å².